The van der Waals surface area contributed by atoms with Gasteiger partial charge in [-0.2, -0.15) is 0 Å². The summed E-state index contributed by atoms with van der Waals surface area (Å²) in [5, 5.41) is 3.01. The maximum absolute atomic E-state index is 12.4. The van der Waals surface area contributed by atoms with Gasteiger partial charge in [0.25, 0.3) is 5.91 Å². The normalized spacial score (nSPS) is 11.6. The van der Waals surface area contributed by atoms with Crippen LogP contribution in [0.25, 0.3) is 0 Å². The van der Waals surface area contributed by atoms with Crippen LogP contribution in [0.1, 0.15) is 36.1 Å². The number of methoxy groups -OCH3 is 2. The minimum atomic E-state index is -0.171. The van der Waals surface area contributed by atoms with Crippen LogP contribution in [0.4, 0.5) is 0 Å². The van der Waals surface area contributed by atoms with Crippen LogP contribution in [0, 0.1) is 13.8 Å². The molecule has 6 heteroatoms. The maximum Gasteiger partial charge on any atom is 0.258 e. The summed E-state index contributed by atoms with van der Waals surface area (Å²) >= 11 is 3.53. The Bertz CT molecular complexity index is 784. The van der Waals surface area contributed by atoms with Gasteiger partial charge < -0.3 is 19.5 Å². The Kier molecular flexibility index (Phi) is 7.54. The molecule has 1 amide bonds. The molecule has 0 radical (unpaired) electrons. The molecule has 0 bridgehead atoms. The van der Waals surface area contributed by atoms with Gasteiger partial charge in [0.1, 0.15) is 5.75 Å². The van der Waals surface area contributed by atoms with Crippen LogP contribution in [0.15, 0.2) is 34.8 Å². The average molecular weight is 436 g/mol. The molecule has 0 aliphatic rings. The van der Waals surface area contributed by atoms with E-state index in [0.29, 0.717) is 17.2 Å². The number of ether oxygens (including phenoxy) is 3. The fourth-order valence-corrected chi connectivity index (χ4v) is 3.09. The van der Waals surface area contributed by atoms with Crippen LogP contribution >= 0.6 is 15.9 Å². The van der Waals surface area contributed by atoms with E-state index in [1.165, 1.54) is 0 Å². The van der Waals surface area contributed by atoms with E-state index < -0.39 is 0 Å². The molecule has 0 aliphatic carbocycles. The molecular formula is C21H26BrNO4. The van der Waals surface area contributed by atoms with Crippen LogP contribution in [-0.2, 0) is 4.79 Å². The molecule has 0 heterocycles. The number of rotatable bonds is 8. The van der Waals surface area contributed by atoms with Crippen molar-refractivity contribution in [3.05, 3.63) is 51.5 Å². The number of hydrogen-bond acceptors (Lipinski definition) is 4. The molecule has 2 aromatic rings. The summed E-state index contributed by atoms with van der Waals surface area (Å²) in [6, 6.07) is 9.35. The van der Waals surface area contributed by atoms with E-state index in [1.54, 1.807) is 14.2 Å². The third kappa shape index (κ3) is 5.39. The summed E-state index contributed by atoms with van der Waals surface area (Å²) in [7, 11) is 3.19. The Morgan fingerprint density at radius 1 is 1.07 bits per heavy atom. The predicted molar refractivity (Wildman–Crippen MR) is 110 cm³/mol. The Balaban J connectivity index is 2.03. The first-order valence-corrected chi connectivity index (χ1v) is 9.59. The summed E-state index contributed by atoms with van der Waals surface area (Å²) in [5.74, 6) is 1.81. The van der Waals surface area contributed by atoms with Gasteiger partial charge in [-0.3, -0.25) is 4.79 Å². The number of benzene rings is 2. The molecule has 2 aromatic carbocycles. The van der Waals surface area contributed by atoms with Crippen LogP contribution < -0.4 is 19.5 Å². The number of carbonyl (C=O) groups excluding carboxylic acids is 1. The molecule has 0 aliphatic heterocycles. The highest BCUT2D eigenvalue weighted by Gasteiger charge is 2.16. The van der Waals surface area contributed by atoms with Crippen molar-refractivity contribution >= 4 is 21.8 Å². The van der Waals surface area contributed by atoms with Gasteiger partial charge in [0.2, 0.25) is 0 Å². The lowest BCUT2D eigenvalue weighted by atomic mass is 10.0. The van der Waals surface area contributed by atoms with Gasteiger partial charge in [0, 0.05) is 4.47 Å². The van der Waals surface area contributed by atoms with Crippen molar-refractivity contribution in [3.8, 4) is 17.2 Å². The van der Waals surface area contributed by atoms with Crippen molar-refractivity contribution in [2.24, 2.45) is 0 Å². The molecule has 0 fully saturated rings. The first-order chi connectivity index (χ1) is 12.9. The third-order valence-corrected chi connectivity index (χ3v) is 5.58. The molecule has 2 rings (SSSR count). The fraction of sp³-hybridized carbons (Fsp3) is 0.381. The second kappa shape index (κ2) is 9.65. The number of amides is 1. The van der Waals surface area contributed by atoms with Crippen LogP contribution in [-0.4, -0.2) is 26.7 Å². The van der Waals surface area contributed by atoms with Gasteiger partial charge in [0.05, 0.1) is 20.3 Å². The zero-order valence-corrected chi connectivity index (χ0v) is 18.0. The number of carbonyl (C=O) groups is 1. The third-order valence-electron chi connectivity index (χ3n) is 4.33. The van der Waals surface area contributed by atoms with Gasteiger partial charge in [-0.1, -0.05) is 28.9 Å². The fourth-order valence-electron chi connectivity index (χ4n) is 2.87. The van der Waals surface area contributed by atoms with Gasteiger partial charge >= 0.3 is 0 Å². The van der Waals surface area contributed by atoms with Gasteiger partial charge in [-0.05, 0) is 61.2 Å². The van der Waals surface area contributed by atoms with E-state index in [4.69, 9.17) is 14.2 Å². The Labute approximate surface area is 169 Å². The maximum atomic E-state index is 12.4. The topological polar surface area (TPSA) is 56.8 Å². The zero-order chi connectivity index (χ0) is 20.0. The number of hydrogen-bond donors (Lipinski definition) is 1. The second-order valence-corrected chi connectivity index (χ2v) is 7.10. The summed E-state index contributed by atoms with van der Waals surface area (Å²) in [5.41, 5.74) is 3.10. The molecule has 27 heavy (non-hydrogen) atoms. The van der Waals surface area contributed by atoms with Crippen molar-refractivity contribution in [1.29, 1.82) is 0 Å². The molecular weight excluding hydrogens is 410 g/mol. The number of aryl methyl sites for hydroxylation is 2. The Morgan fingerprint density at radius 3 is 2.26 bits per heavy atom. The minimum absolute atomic E-state index is 0.0374. The molecule has 146 valence electrons. The molecule has 0 spiro atoms. The number of halogens is 1. The van der Waals surface area contributed by atoms with E-state index in [9.17, 15) is 4.79 Å². The monoisotopic (exact) mass is 435 g/mol. The van der Waals surface area contributed by atoms with Gasteiger partial charge in [0.15, 0.2) is 18.1 Å². The first kappa shape index (κ1) is 21.1. The summed E-state index contributed by atoms with van der Waals surface area (Å²) in [6.07, 6.45) is 0.748. The Morgan fingerprint density at radius 2 is 1.70 bits per heavy atom. The lowest BCUT2D eigenvalue weighted by molar-refractivity contribution is -0.123. The Hall–Kier alpha value is -2.21. The van der Waals surface area contributed by atoms with E-state index in [1.807, 2.05) is 51.1 Å². The largest absolute Gasteiger partial charge is 0.493 e. The van der Waals surface area contributed by atoms with Crippen molar-refractivity contribution < 1.29 is 19.0 Å². The number of nitrogens with one attached hydrogen (secondary N) is 1. The predicted octanol–water partition coefficient (Wildman–Crippen LogP) is 4.73. The average Bonchev–Trinajstić information content (AvgIpc) is 2.67. The first-order valence-electron chi connectivity index (χ1n) is 8.80. The van der Waals surface area contributed by atoms with Crippen molar-refractivity contribution in [3.63, 3.8) is 0 Å². The smallest absolute Gasteiger partial charge is 0.258 e. The molecule has 1 N–H and O–H groups in total. The minimum Gasteiger partial charge on any atom is -0.493 e. The quantitative estimate of drug-likeness (QED) is 0.650. The molecule has 1 atom stereocenters. The zero-order valence-electron chi connectivity index (χ0n) is 16.4. The van der Waals surface area contributed by atoms with Crippen molar-refractivity contribution in [2.75, 3.05) is 20.8 Å². The molecule has 5 nitrogen and oxygen atoms in total. The van der Waals surface area contributed by atoms with Gasteiger partial charge in [-0.25, -0.2) is 0 Å². The molecule has 0 unspecified atom stereocenters. The van der Waals surface area contributed by atoms with Crippen LogP contribution in [0.3, 0.4) is 0 Å². The summed E-state index contributed by atoms with van der Waals surface area (Å²) in [4.78, 5) is 12.4. The molecule has 0 saturated heterocycles. The summed E-state index contributed by atoms with van der Waals surface area (Å²) in [6.45, 7) is 5.97. The standard InChI is InChI=1S/C21H26BrNO4/c1-6-17(15-7-8-18(25-4)19(11-15)26-5)23-20(24)12-27-16-9-13(2)21(22)14(3)10-16/h7-11,17H,6,12H2,1-5H3,(H,23,24)/t17-/m1/s1. The highest BCUT2D eigenvalue weighted by atomic mass is 79.9. The highest BCUT2D eigenvalue weighted by Crippen LogP contribution is 2.31. The molecule has 0 aromatic heterocycles. The van der Waals surface area contributed by atoms with Crippen LogP contribution in [0.5, 0.6) is 17.2 Å². The van der Waals surface area contributed by atoms with E-state index >= 15 is 0 Å². The van der Waals surface area contributed by atoms with Gasteiger partial charge in [-0.15, -0.1) is 0 Å². The lowest BCUT2D eigenvalue weighted by Gasteiger charge is -2.19. The van der Waals surface area contributed by atoms with E-state index in [-0.39, 0.29) is 18.6 Å². The van der Waals surface area contributed by atoms with Crippen molar-refractivity contribution in [2.45, 2.75) is 33.2 Å². The summed E-state index contributed by atoms with van der Waals surface area (Å²) < 4.78 is 17.3. The van der Waals surface area contributed by atoms with E-state index in [2.05, 4.69) is 21.2 Å². The van der Waals surface area contributed by atoms with Crippen molar-refractivity contribution in [1.82, 2.24) is 5.32 Å². The second-order valence-electron chi connectivity index (χ2n) is 6.30. The lowest BCUT2D eigenvalue weighted by Crippen LogP contribution is -2.32. The SMILES string of the molecule is CC[C@@H](NC(=O)COc1cc(C)c(Br)c(C)c1)c1ccc(OC)c(OC)c1. The molecule has 0 saturated carbocycles. The highest BCUT2D eigenvalue weighted by molar-refractivity contribution is 9.10. The van der Waals surface area contributed by atoms with Crippen LogP contribution in [0.2, 0.25) is 0 Å². The van der Waals surface area contributed by atoms with E-state index in [0.717, 1.165) is 27.6 Å².